The summed E-state index contributed by atoms with van der Waals surface area (Å²) in [4.78, 5) is 11.5. The number of hydrogen-bond acceptors (Lipinski definition) is 1. The molecular weight excluding hydrogens is 295 g/mol. The highest BCUT2D eigenvalue weighted by atomic mass is 35.5. The summed E-state index contributed by atoms with van der Waals surface area (Å²) in [6.07, 6.45) is 3.29. The molecule has 2 rings (SSSR count). The number of benzene rings is 1. The van der Waals surface area contributed by atoms with E-state index in [-0.39, 0.29) is 17.3 Å². The molecule has 2 unspecified atom stereocenters. The van der Waals surface area contributed by atoms with Crippen LogP contribution in [0.5, 0.6) is 0 Å². The number of hydrogen-bond donors (Lipinski definition) is 1. The van der Waals surface area contributed by atoms with Crippen LogP contribution in [0.15, 0.2) is 18.2 Å². The number of aliphatic carboxylic acids is 1. The van der Waals surface area contributed by atoms with Gasteiger partial charge in [0, 0.05) is 10.0 Å². The van der Waals surface area contributed by atoms with Crippen LogP contribution >= 0.6 is 23.2 Å². The molecule has 1 fully saturated rings. The number of carboxylic acids is 1. The molecule has 1 aliphatic rings. The van der Waals surface area contributed by atoms with Crippen LogP contribution in [0.3, 0.4) is 0 Å². The van der Waals surface area contributed by atoms with Gasteiger partial charge in [-0.25, -0.2) is 0 Å². The van der Waals surface area contributed by atoms with Gasteiger partial charge in [-0.2, -0.15) is 0 Å². The normalized spacial score (nSPS) is 25.4. The summed E-state index contributed by atoms with van der Waals surface area (Å²) in [6, 6.07) is 5.39. The zero-order chi connectivity index (χ0) is 14.9. The van der Waals surface area contributed by atoms with Crippen molar-refractivity contribution in [3.8, 4) is 0 Å². The molecule has 1 aliphatic carbocycles. The maximum Gasteiger partial charge on any atom is 0.306 e. The fraction of sp³-hybridized carbons (Fsp3) is 0.562. The smallest absolute Gasteiger partial charge is 0.306 e. The van der Waals surface area contributed by atoms with Crippen molar-refractivity contribution in [3.05, 3.63) is 33.8 Å². The van der Waals surface area contributed by atoms with Crippen LogP contribution in [0.25, 0.3) is 0 Å². The first-order valence-corrected chi connectivity index (χ1v) is 7.71. The predicted molar refractivity (Wildman–Crippen MR) is 82.4 cm³/mol. The van der Waals surface area contributed by atoms with Gasteiger partial charge in [0.05, 0.1) is 5.92 Å². The average Bonchev–Trinajstić information content (AvgIpc) is 2.32. The van der Waals surface area contributed by atoms with E-state index in [0.717, 1.165) is 24.8 Å². The van der Waals surface area contributed by atoms with E-state index in [1.165, 1.54) is 0 Å². The molecule has 2 nitrogen and oxygen atoms in total. The molecule has 1 aromatic carbocycles. The van der Waals surface area contributed by atoms with Crippen LogP contribution in [0.4, 0.5) is 0 Å². The Labute approximate surface area is 130 Å². The molecule has 110 valence electrons. The number of carbonyl (C=O) groups is 1. The highest BCUT2D eigenvalue weighted by Crippen LogP contribution is 2.44. The molecule has 20 heavy (non-hydrogen) atoms. The van der Waals surface area contributed by atoms with Gasteiger partial charge in [-0.15, -0.1) is 0 Å². The molecule has 1 saturated carbocycles. The molecule has 0 bridgehead atoms. The van der Waals surface area contributed by atoms with Crippen LogP contribution < -0.4 is 0 Å². The zero-order valence-corrected chi connectivity index (χ0v) is 13.3. The molecule has 0 radical (unpaired) electrons. The highest BCUT2D eigenvalue weighted by molar-refractivity contribution is 6.33. The lowest BCUT2D eigenvalue weighted by molar-refractivity contribution is -0.146. The van der Waals surface area contributed by atoms with Gasteiger partial charge in [-0.05, 0) is 60.8 Å². The summed E-state index contributed by atoms with van der Waals surface area (Å²) in [5.41, 5.74) is 1.15. The molecule has 1 aromatic rings. The van der Waals surface area contributed by atoms with E-state index < -0.39 is 5.97 Å². The van der Waals surface area contributed by atoms with Crippen molar-refractivity contribution < 1.29 is 9.90 Å². The van der Waals surface area contributed by atoms with Gasteiger partial charge in [-0.1, -0.05) is 37.0 Å². The molecular formula is C16H20Cl2O2. The fourth-order valence-corrected chi connectivity index (χ4v) is 3.65. The Bertz CT molecular complexity index is 511. The second-order valence-corrected chi connectivity index (χ2v) is 7.40. The van der Waals surface area contributed by atoms with Gasteiger partial charge < -0.3 is 5.11 Å². The Morgan fingerprint density at radius 1 is 1.40 bits per heavy atom. The van der Waals surface area contributed by atoms with Crippen LogP contribution in [0.2, 0.25) is 10.0 Å². The molecule has 0 aromatic heterocycles. The van der Waals surface area contributed by atoms with E-state index in [4.69, 9.17) is 23.2 Å². The molecule has 4 heteroatoms. The maximum atomic E-state index is 11.5. The van der Waals surface area contributed by atoms with Gasteiger partial charge in [0.15, 0.2) is 0 Å². The first-order chi connectivity index (χ1) is 9.28. The van der Waals surface area contributed by atoms with Crippen molar-refractivity contribution in [2.24, 2.45) is 17.3 Å². The minimum absolute atomic E-state index is 0.118. The molecule has 0 saturated heterocycles. The van der Waals surface area contributed by atoms with Gasteiger partial charge in [-0.3, -0.25) is 4.79 Å². The van der Waals surface area contributed by atoms with Crippen molar-refractivity contribution >= 4 is 29.2 Å². The fourth-order valence-electron chi connectivity index (χ4n) is 3.26. The van der Waals surface area contributed by atoms with E-state index in [9.17, 15) is 9.90 Å². The number of carboxylic acid groups (broad SMARTS) is 1. The molecule has 2 atom stereocenters. The lowest BCUT2D eigenvalue weighted by Crippen LogP contribution is -2.35. The minimum Gasteiger partial charge on any atom is -0.481 e. The SMILES string of the molecule is CC1(C)CCC(C(=O)O)C(Cc2cc(Cl)ccc2Cl)C1. The monoisotopic (exact) mass is 314 g/mol. The van der Waals surface area contributed by atoms with Crippen molar-refractivity contribution in [1.29, 1.82) is 0 Å². The topological polar surface area (TPSA) is 37.3 Å². The van der Waals surface area contributed by atoms with Crippen LogP contribution in [0, 0.1) is 17.3 Å². The lowest BCUT2D eigenvalue weighted by atomic mass is 9.65. The maximum absolute atomic E-state index is 11.5. The molecule has 0 heterocycles. The van der Waals surface area contributed by atoms with Gasteiger partial charge >= 0.3 is 5.97 Å². The summed E-state index contributed by atoms with van der Waals surface area (Å²) < 4.78 is 0. The van der Waals surface area contributed by atoms with Gasteiger partial charge in [0.1, 0.15) is 0 Å². The summed E-state index contributed by atoms with van der Waals surface area (Å²) in [5.74, 6) is -0.853. The van der Waals surface area contributed by atoms with Crippen LogP contribution in [-0.4, -0.2) is 11.1 Å². The third-order valence-electron chi connectivity index (χ3n) is 4.32. The first kappa shape index (κ1) is 15.7. The van der Waals surface area contributed by atoms with E-state index in [0.29, 0.717) is 16.5 Å². The summed E-state index contributed by atoms with van der Waals surface area (Å²) in [6.45, 7) is 4.41. The van der Waals surface area contributed by atoms with Crippen LogP contribution in [0.1, 0.15) is 38.7 Å². The first-order valence-electron chi connectivity index (χ1n) is 6.95. The largest absolute Gasteiger partial charge is 0.481 e. The van der Waals surface area contributed by atoms with E-state index in [1.54, 1.807) is 12.1 Å². The van der Waals surface area contributed by atoms with Crippen molar-refractivity contribution in [3.63, 3.8) is 0 Å². The highest BCUT2D eigenvalue weighted by Gasteiger charge is 2.38. The zero-order valence-electron chi connectivity index (χ0n) is 11.8. The molecule has 1 N–H and O–H groups in total. The van der Waals surface area contributed by atoms with Crippen LogP contribution in [-0.2, 0) is 11.2 Å². The van der Waals surface area contributed by atoms with Crippen molar-refractivity contribution in [2.45, 2.75) is 39.5 Å². The Balaban J connectivity index is 2.23. The Kier molecular flexibility index (Phi) is 4.66. The van der Waals surface area contributed by atoms with E-state index in [2.05, 4.69) is 13.8 Å². The van der Waals surface area contributed by atoms with Crippen molar-refractivity contribution in [1.82, 2.24) is 0 Å². The Hall–Kier alpha value is -0.730. The number of rotatable bonds is 3. The second kappa shape index (κ2) is 5.95. The quantitative estimate of drug-likeness (QED) is 0.846. The van der Waals surface area contributed by atoms with Gasteiger partial charge in [0.2, 0.25) is 0 Å². The molecule has 0 amide bonds. The standard InChI is InChI=1S/C16H20Cl2O2/c1-16(2)6-5-13(15(19)20)11(9-16)7-10-8-12(17)3-4-14(10)18/h3-4,8,11,13H,5-7,9H2,1-2H3,(H,19,20). The average molecular weight is 315 g/mol. The minimum atomic E-state index is -0.691. The predicted octanol–water partition coefficient (Wildman–Crippen LogP) is 5.06. The summed E-state index contributed by atoms with van der Waals surface area (Å²) in [7, 11) is 0. The second-order valence-electron chi connectivity index (χ2n) is 6.55. The van der Waals surface area contributed by atoms with Gasteiger partial charge in [0.25, 0.3) is 0 Å². The third-order valence-corrected chi connectivity index (χ3v) is 4.93. The van der Waals surface area contributed by atoms with E-state index in [1.807, 2.05) is 6.07 Å². The summed E-state index contributed by atoms with van der Waals surface area (Å²) >= 11 is 12.2. The number of halogens is 2. The summed E-state index contributed by atoms with van der Waals surface area (Å²) in [5, 5.41) is 10.7. The van der Waals surface area contributed by atoms with E-state index >= 15 is 0 Å². The Morgan fingerprint density at radius 3 is 2.75 bits per heavy atom. The molecule has 0 spiro atoms. The lowest BCUT2D eigenvalue weighted by Gasteiger charge is -2.39. The third kappa shape index (κ3) is 3.67. The Morgan fingerprint density at radius 2 is 2.10 bits per heavy atom. The molecule has 0 aliphatic heterocycles. The van der Waals surface area contributed by atoms with Crippen molar-refractivity contribution in [2.75, 3.05) is 0 Å².